The molecule has 0 unspecified atom stereocenters. The van der Waals surface area contributed by atoms with Crippen LogP contribution in [0.4, 0.5) is 5.69 Å². The van der Waals surface area contributed by atoms with Gasteiger partial charge in [0.15, 0.2) is 0 Å². The Kier molecular flexibility index (Phi) is 6.53. The van der Waals surface area contributed by atoms with Crippen LogP contribution in [-0.4, -0.2) is 26.1 Å². The van der Waals surface area contributed by atoms with E-state index in [2.05, 4.69) is 5.32 Å². The van der Waals surface area contributed by atoms with E-state index in [4.69, 9.17) is 13.9 Å². The number of aryl methyl sites for hydroxylation is 1. The molecule has 1 heterocycles. The summed E-state index contributed by atoms with van der Waals surface area (Å²) in [6, 6.07) is 17.2. The number of ether oxygens (including phenoxy) is 2. The summed E-state index contributed by atoms with van der Waals surface area (Å²) >= 11 is 0. The second kappa shape index (κ2) is 9.46. The molecular weight excluding hydrogens is 396 g/mol. The first-order valence-electron chi connectivity index (χ1n) is 9.31. The Bertz CT molecular complexity index is 1180. The number of furan rings is 1. The summed E-state index contributed by atoms with van der Waals surface area (Å²) < 4.78 is 15.6. The van der Waals surface area contributed by atoms with Crippen LogP contribution in [0.1, 0.15) is 21.7 Å². The molecule has 7 heteroatoms. The van der Waals surface area contributed by atoms with Crippen LogP contribution < -0.4 is 10.1 Å². The van der Waals surface area contributed by atoms with Crippen LogP contribution in [0.15, 0.2) is 64.6 Å². The van der Waals surface area contributed by atoms with Gasteiger partial charge in [-0.2, -0.15) is 5.26 Å². The predicted molar refractivity (Wildman–Crippen MR) is 115 cm³/mol. The number of rotatable bonds is 6. The van der Waals surface area contributed by atoms with Crippen molar-refractivity contribution in [1.29, 1.82) is 5.26 Å². The summed E-state index contributed by atoms with van der Waals surface area (Å²) in [7, 11) is 2.88. The van der Waals surface area contributed by atoms with Gasteiger partial charge in [-0.05, 0) is 61.0 Å². The van der Waals surface area contributed by atoms with Crippen molar-refractivity contribution in [1.82, 2.24) is 0 Å². The van der Waals surface area contributed by atoms with Gasteiger partial charge >= 0.3 is 5.97 Å². The Balaban J connectivity index is 1.79. The Morgan fingerprint density at radius 2 is 1.81 bits per heavy atom. The number of nitrogens with zero attached hydrogens (tertiary/aromatic N) is 1. The number of esters is 1. The van der Waals surface area contributed by atoms with Gasteiger partial charge in [0, 0.05) is 17.3 Å². The second-order valence-corrected chi connectivity index (χ2v) is 6.58. The maximum Gasteiger partial charge on any atom is 0.337 e. The SMILES string of the molecule is COC(=O)c1ccc(-c2ccc(/C=C(/C#N)C(=O)Nc3ccc(OC)cc3)o2)c(C)c1. The molecule has 0 atom stereocenters. The van der Waals surface area contributed by atoms with Crippen LogP contribution in [0.2, 0.25) is 0 Å². The van der Waals surface area contributed by atoms with Crippen molar-refractivity contribution in [2.24, 2.45) is 0 Å². The van der Waals surface area contributed by atoms with Crippen molar-refractivity contribution in [2.75, 3.05) is 19.5 Å². The molecule has 0 fully saturated rings. The fraction of sp³-hybridized carbons (Fsp3) is 0.125. The van der Waals surface area contributed by atoms with Gasteiger partial charge in [0.05, 0.1) is 19.8 Å². The number of methoxy groups -OCH3 is 2. The molecule has 3 rings (SSSR count). The number of anilines is 1. The summed E-state index contributed by atoms with van der Waals surface area (Å²) in [5, 5.41) is 12.1. The Morgan fingerprint density at radius 3 is 2.42 bits per heavy atom. The quantitative estimate of drug-likeness (QED) is 0.358. The number of hydrogen-bond acceptors (Lipinski definition) is 6. The normalized spacial score (nSPS) is 10.8. The van der Waals surface area contributed by atoms with E-state index in [1.807, 2.05) is 13.0 Å². The van der Waals surface area contributed by atoms with Crippen molar-refractivity contribution in [3.8, 4) is 23.1 Å². The van der Waals surface area contributed by atoms with Gasteiger partial charge in [-0.1, -0.05) is 6.07 Å². The average molecular weight is 416 g/mol. The van der Waals surface area contributed by atoms with Crippen LogP contribution in [0.3, 0.4) is 0 Å². The molecule has 3 aromatic rings. The maximum atomic E-state index is 12.4. The van der Waals surface area contributed by atoms with Gasteiger partial charge in [0.2, 0.25) is 0 Å². The second-order valence-electron chi connectivity index (χ2n) is 6.58. The lowest BCUT2D eigenvalue weighted by Crippen LogP contribution is -2.13. The largest absolute Gasteiger partial charge is 0.497 e. The third kappa shape index (κ3) is 5.00. The van der Waals surface area contributed by atoms with Gasteiger partial charge in [-0.3, -0.25) is 4.79 Å². The molecule has 2 aromatic carbocycles. The molecular formula is C24H20N2O5. The van der Waals surface area contributed by atoms with Crippen LogP contribution in [0.25, 0.3) is 17.4 Å². The highest BCUT2D eigenvalue weighted by atomic mass is 16.5. The summed E-state index contributed by atoms with van der Waals surface area (Å²) in [6.45, 7) is 1.85. The van der Waals surface area contributed by atoms with E-state index in [-0.39, 0.29) is 5.57 Å². The summed E-state index contributed by atoms with van der Waals surface area (Å²) in [4.78, 5) is 24.1. The van der Waals surface area contributed by atoms with E-state index in [1.165, 1.54) is 13.2 Å². The Hall–Kier alpha value is -4.31. The van der Waals surface area contributed by atoms with E-state index in [9.17, 15) is 14.9 Å². The van der Waals surface area contributed by atoms with Gasteiger partial charge in [0.25, 0.3) is 5.91 Å². The molecule has 1 N–H and O–H groups in total. The first kappa shape index (κ1) is 21.4. The summed E-state index contributed by atoms with van der Waals surface area (Å²) in [5.41, 5.74) is 2.49. The Morgan fingerprint density at radius 1 is 1.06 bits per heavy atom. The zero-order valence-electron chi connectivity index (χ0n) is 17.3. The monoisotopic (exact) mass is 416 g/mol. The minimum Gasteiger partial charge on any atom is -0.497 e. The smallest absolute Gasteiger partial charge is 0.337 e. The first-order valence-corrected chi connectivity index (χ1v) is 9.31. The van der Waals surface area contributed by atoms with Crippen molar-refractivity contribution in [3.05, 3.63) is 77.1 Å². The number of nitriles is 1. The summed E-state index contributed by atoms with van der Waals surface area (Å²) in [5.74, 6) is 0.594. The highest BCUT2D eigenvalue weighted by Gasteiger charge is 2.14. The van der Waals surface area contributed by atoms with Crippen molar-refractivity contribution >= 4 is 23.6 Å². The molecule has 1 amide bonds. The molecule has 0 aliphatic rings. The first-order chi connectivity index (χ1) is 14.9. The fourth-order valence-electron chi connectivity index (χ4n) is 2.92. The highest BCUT2D eigenvalue weighted by Crippen LogP contribution is 2.27. The van der Waals surface area contributed by atoms with Crippen LogP contribution in [0.5, 0.6) is 5.75 Å². The molecule has 0 aliphatic heterocycles. The number of nitrogens with one attached hydrogen (secondary N) is 1. The van der Waals surface area contributed by atoms with Crippen molar-refractivity contribution in [3.63, 3.8) is 0 Å². The van der Waals surface area contributed by atoms with E-state index in [0.29, 0.717) is 28.5 Å². The van der Waals surface area contributed by atoms with Crippen molar-refractivity contribution < 1.29 is 23.5 Å². The molecule has 0 spiro atoms. The summed E-state index contributed by atoms with van der Waals surface area (Å²) in [6.07, 6.45) is 1.38. The Labute approximate surface area is 179 Å². The highest BCUT2D eigenvalue weighted by molar-refractivity contribution is 6.09. The number of hydrogen-bond donors (Lipinski definition) is 1. The topological polar surface area (TPSA) is 102 Å². The van der Waals surface area contributed by atoms with E-state index in [0.717, 1.165) is 11.1 Å². The predicted octanol–water partition coefficient (Wildman–Crippen LogP) is 4.60. The number of carbonyl (C=O) groups excluding carboxylic acids is 2. The lowest BCUT2D eigenvalue weighted by atomic mass is 10.0. The lowest BCUT2D eigenvalue weighted by Gasteiger charge is -2.06. The molecule has 1 aromatic heterocycles. The third-order valence-corrected chi connectivity index (χ3v) is 4.54. The molecule has 0 radical (unpaired) electrons. The van der Waals surface area contributed by atoms with E-state index in [1.54, 1.807) is 61.7 Å². The molecule has 0 saturated carbocycles. The molecule has 156 valence electrons. The van der Waals surface area contributed by atoms with Crippen molar-refractivity contribution in [2.45, 2.75) is 6.92 Å². The van der Waals surface area contributed by atoms with Crippen LogP contribution in [-0.2, 0) is 9.53 Å². The lowest BCUT2D eigenvalue weighted by molar-refractivity contribution is -0.112. The average Bonchev–Trinajstić information content (AvgIpc) is 3.25. The standard InChI is InChI=1S/C24H20N2O5/c1-15-12-16(24(28)30-3)4-10-21(15)22-11-9-20(31-22)13-17(14-25)23(27)26-18-5-7-19(29-2)8-6-18/h4-13H,1-3H3,(H,26,27)/b17-13-. The minimum atomic E-state index is -0.552. The zero-order chi connectivity index (χ0) is 22.4. The van der Waals surface area contributed by atoms with Crippen LogP contribution >= 0.6 is 0 Å². The zero-order valence-corrected chi connectivity index (χ0v) is 17.3. The van der Waals surface area contributed by atoms with E-state index < -0.39 is 11.9 Å². The number of carbonyl (C=O) groups is 2. The van der Waals surface area contributed by atoms with Gasteiger partial charge in [0.1, 0.15) is 28.9 Å². The maximum absolute atomic E-state index is 12.4. The molecule has 0 bridgehead atoms. The molecule has 7 nitrogen and oxygen atoms in total. The van der Waals surface area contributed by atoms with Crippen LogP contribution in [0, 0.1) is 18.3 Å². The fourth-order valence-corrected chi connectivity index (χ4v) is 2.92. The molecule has 0 aliphatic carbocycles. The van der Waals surface area contributed by atoms with E-state index >= 15 is 0 Å². The molecule has 31 heavy (non-hydrogen) atoms. The molecule has 0 saturated heterocycles. The number of benzene rings is 2. The van der Waals surface area contributed by atoms with Gasteiger partial charge in [-0.15, -0.1) is 0 Å². The minimum absolute atomic E-state index is 0.102. The third-order valence-electron chi connectivity index (χ3n) is 4.54. The van der Waals surface area contributed by atoms with Gasteiger partial charge in [-0.25, -0.2) is 4.79 Å². The van der Waals surface area contributed by atoms with Gasteiger partial charge < -0.3 is 19.2 Å². The number of amides is 1.